The van der Waals surface area contributed by atoms with Gasteiger partial charge >= 0.3 is 6.18 Å². The Morgan fingerprint density at radius 2 is 1.63 bits per heavy atom. The number of nitrogens with one attached hydrogen (secondary N) is 1. The first kappa shape index (κ1) is 24.9. The van der Waals surface area contributed by atoms with Gasteiger partial charge in [0.2, 0.25) is 15.9 Å². The number of aromatic nitrogens is 1. The molecule has 1 fully saturated rings. The number of piperidine rings is 1. The number of pyridine rings is 1. The Bertz CT molecular complexity index is 1410. The number of hydrogen-bond acceptors (Lipinski definition) is 4. The summed E-state index contributed by atoms with van der Waals surface area (Å²) in [5.41, 5.74) is -1.29. The molecule has 1 N–H and O–H groups in total. The molecule has 4 rings (SSSR count). The van der Waals surface area contributed by atoms with Crippen LogP contribution in [0.1, 0.15) is 25.3 Å². The van der Waals surface area contributed by atoms with Crippen LogP contribution < -0.4 is 10.9 Å². The predicted octanol–water partition coefficient (Wildman–Crippen LogP) is 4.08. The Kier molecular flexibility index (Phi) is 6.74. The normalized spacial score (nSPS) is 15.9. The van der Waals surface area contributed by atoms with E-state index in [1.54, 1.807) is 18.2 Å². The van der Waals surface area contributed by atoms with E-state index >= 15 is 0 Å². The van der Waals surface area contributed by atoms with Gasteiger partial charge in [-0.25, -0.2) is 8.42 Å². The third-order valence-electron chi connectivity index (χ3n) is 6.13. The first-order valence-corrected chi connectivity index (χ1v) is 12.5. The zero-order chi connectivity index (χ0) is 25.4. The number of carbonyl (C=O) groups is 1. The second-order valence-electron chi connectivity index (χ2n) is 8.68. The van der Waals surface area contributed by atoms with Crippen LogP contribution in [0.5, 0.6) is 0 Å². The van der Waals surface area contributed by atoms with E-state index in [0.717, 1.165) is 41.7 Å². The highest BCUT2D eigenvalue weighted by atomic mass is 32.2. The fraction of sp³-hybridized carbons (Fsp3) is 0.333. The molecule has 1 aliphatic rings. The summed E-state index contributed by atoms with van der Waals surface area (Å²) < 4.78 is 67.6. The van der Waals surface area contributed by atoms with E-state index < -0.39 is 39.8 Å². The average molecular weight is 508 g/mol. The number of anilines is 1. The Labute approximate surface area is 200 Å². The molecular formula is C24H24F3N3O4S. The lowest BCUT2D eigenvalue weighted by atomic mass is 10.0. The Morgan fingerprint density at radius 3 is 2.23 bits per heavy atom. The first-order valence-electron chi connectivity index (χ1n) is 11.1. The van der Waals surface area contributed by atoms with E-state index in [1.807, 2.05) is 0 Å². The number of sulfonamides is 1. The fourth-order valence-electron chi connectivity index (χ4n) is 4.09. The molecule has 0 bridgehead atoms. The number of nitrogens with zero attached hydrogens (tertiary/aromatic N) is 2. The van der Waals surface area contributed by atoms with Crippen LogP contribution in [-0.2, 0) is 27.5 Å². The molecule has 1 saturated heterocycles. The largest absolute Gasteiger partial charge is 0.416 e. The minimum Gasteiger partial charge on any atom is -0.325 e. The first-order chi connectivity index (χ1) is 16.5. The number of benzene rings is 2. The molecule has 3 aromatic rings. The van der Waals surface area contributed by atoms with Crippen molar-refractivity contribution in [2.24, 2.45) is 5.92 Å². The van der Waals surface area contributed by atoms with Crippen molar-refractivity contribution >= 4 is 32.4 Å². The van der Waals surface area contributed by atoms with Crippen molar-refractivity contribution in [1.82, 2.24) is 8.87 Å². The van der Waals surface area contributed by atoms with Gasteiger partial charge in [0.15, 0.2) is 0 Å². The number of halogens is 3. The molecule has 11 heteroatoms. The maximum atomic E-state index is 13.5. The van der Waals surface area contributed by atoms with Crippen molar-refractivity contribution in [3.8, 4) is 0 Å². The molecule has 0 atom stereocenters. The lowest BCUT2D eigenvalue weighted by Gasteiger charge is -2.30. The molecule has 2 heterocycles. The van der Waals surface area contributed by atoms with Crippen LogP contribution in [-0.4, -0.2) is 36.3 Å². The lowest BCUT2D eigenvalue weighted by Crippen LogP contribution is -2.38. The van der Waals surface area contributed by atoms with Crippen LogP contribution >= 0.6 is 0 Å². The van der Waals surface area contributed by atoms with Gasteiger partial charge in [-0.2, -0.15) is 17.5 Å². The van der Waals surface area contributed by atoms with E-state index in [1.165, 1.54) is 16.6 Å². The SMILES string of the molecule is CC1CCN(S(=O)(=O)c2cn(CC(=O)Nc3ccc(C(F)(F)F)cc3)c(=O)c3ccccc23)CC1. The van der Waals surface area contributed by atoms with Gasteiger partial charge in [-0.1, -0.05) is 25.1 Å². The number of carbonyl (C=O) groups excluding carboxylic acids is 1. The molecule has 1 amide bonds. The summed E-state index contributed by atoms with van der Waals surface area (Å²) in [6.45, 7) is 2.29. The third-order valence-corrected chi connectivity index (χ3v) is 8.05. The van der Waals surface area contributed by atoms with Gasteiger partial charge in [0.25, 0.3) is 5.56 Å². The van der Waals surface area contributed by atoms with Gasteiger partial charge in [-0.05, 0) is 49.1 Å². The summed E-state index contributed by atoms with van der Waals surface area (Å²) in [5.74, 6) is -0.265. The highest BCUT2D eigenvalue weighted by molar-refractivity contribution is 7.89. The van der Waals surface area contributed by atoms with Gasteiger partial charge in [0.1, 0.15) is 11.4 Å². The maximum absolute atomic E-state index is 13.5. The van der Waals surface area contributed by atoms with E-state index in [9.17, 15) is 31.2 Å². The monoisotopic (exact) mass is 507 g/mol. The maximum Gasteiger partial charge on any atom is 0.416 e. The van der Waals surface area contributed by atoms with Crippen LogP contribution in [0.15, 0.2) is 64.4 Å². The Morgan fingerprint density at radius 1 is 1.03 bits per heavy atom. The van der Waals surface area contributed by atoms with Crippen molar-refractivity contribution in [2.75, 3.05) is 18.4 Å². The standard InChI is InChI=1S/C24H24F3N3O4S/c1-16-10-12-30(13-11-16)35(33,34)21-14-29(23(32)20-5-3-2-4-19(20)21)15-22(31)28-18-8-6-17(7-9-18)24(25,26)27/h2-9,14,16H,10-13,15H2,1H3,(H,28,31). The van der Waals surface area contributed by atoms with Crippen molar-refractivity contribution in [3.05, 3.63) is 70.6 Å². The minimum absolute atomic E-state index is 0.0652. The number of alkyl halides is 3. The van der Waals surface area contributed by atoms with E-state index in [4.69, 9.17) is 0 Å². The molecule has 1 aromatic heterocycles. The smallest absolute Gasteiger partial charge is 0.325 e. The van der Waals surface area contributed by atoms with Crippen LogP contribution in [0, 0.1) is 5.92 Å². The lowest BCUT2D eigenvalue weighted by molar-refractivity contribution is -0.137. The van der Waals surface area contributed by atoms with Crippen LogP contribution in [0.25, 0.3) is 10.8 Å². The number of hydrogen-bond donors (Lipinski definition) is 1. The zero-order valence-electron chi connectivity index (χ0n) is 18.9. The van der Waals surface area contributed by atoms with Gasteiger partial charge < -0.3 is 9.88 Å². The van der Waals surface area contributed by atoms with Crippen molar-refractivity contribution in [3.63, 3.8) is 0 Å². The summed E-state index contributed by atoms with van der Waals surface area (Å²) in [7, 11) is -3.93. The fourth-order valence-corrected chi connectivity index (χ4v) is 5.78. The molecule has 35 heavy (non-hydrogen) atoms. The molecule has 0 unspecified atom stereocenters. The van der Waals surface area contributed by atoms with E-state index in [2.05, 4.69) is 12.2 Å². The predicted molar refractivity (Wildman–Crippen MR) is 125 cm³/mol. The van der Waals surface area contributed by atoms with E-state index in [0.29, 0.717) is 19.0 Å². The average Bonchev–Trinajstić information content (AvgIpc) is 2.81. The zero-order valence-corrected chi connectivity index (χ0v) is 19.7. The van der Waals surface area contributed by atoms with Crippen LogP contribution in [0.2, 0.25) is 0 Å². The number of fused-ring (bicyclic) bond motifs is 1. The second-order valence-corrected chi connectivity index (χ2v) is 10.6. The van der Waals surface area contributed by atoms with Gasteiger partial charge in [0, 0.05) is 35.7 Å². The highest BCUT2D eigenvalue weighted by Crippen LogP contribution is 2.30. The molecular weight excluding hydrogens is 483 g/mol. The number of amides is 1. The molecule has 0 spiro atoms. The third kappa shape index (κ3) is 5.25. The highest BCUT2D eigenvalue weighted by Gasteiger charge is 2.31. The number of rotatable bonds is 5. The molecule has 0 radical (unpaired) electrons. The summed E-state index contributed by atoms with van der Waals surface area (Å²) in [5, 5.41) is 2.87. The molecule has 0 aliphatic carbocycles. The van der Waals surface area contributed by atoms with Crippen molar-refractivity contribution < 1.29 is 26.4 Å². The van der Waals surface area contributed by atoms with Gasteiger partial charge in [-0.15, -0.1) is 0 Å². The summed E-state index contributed by atoms with van der Waals surface area (Å²) in [6, 6.07) is 10.2. The van der Waals surface area contributed by atoms with Crippen molar-refractivity contribution in [2.45, 2.75) is 37.4 Å². The molecule has 0 saturated carbocycles. The molecule has 186 valence electrons. The van der Waals surface area contributed by atoms with Gasteiger partial charge in [0.05, 0.1) is 5.56 Å². The summed E-state index contributed by atoms with van der Waals surface area (Å²) in [4.78, 5) is 25.6. The summed E-state index contributed by atoms with van der Waals surface area (Å²) in [6.07, 6.45) is -1.88. The molecule has 2 aromatic carbocycles. The van der Waals surface area contributed by atoms with E-state index in [-0.39, 0.29) is 21.4 Å². The second kappa shape index (κ2) is 9.46. The Balaban J connectivity index is 1.65. The molecule has 1 aliphatic heterocycles. The molecule has 7 nitrogen and oxygen atoms in total. The van der Waals surface area contributed by atoms with Crippen LogP contribution in [0.3, 0.4) is 0 Å². The Hall–Kier alpha value is -3.18. The minimum atomic E-state index is -4.50. The van der Waals surface area contributed by atoms with Crippen LogP contribution in [0.4, 0.5) is 18.9 Å². The quantitative estimate of drug-likeness (QED) is 0.564. The topological polar surface area (TPSA) is 88.5 Å². The summed E-state index contributed by atoms with van der Waals surface area (Å²) >= 11 is 0. The van der Waals surface area contributed by atoms with Gasteiger partial charge in [-0.3, -0.25) is 9.59 Å². The van der Waals surface area contributed by atoms with Crippen molar-refractivity contribution in [1.29, 1.82) is 0 Å².